The summed E-state index contributed by atoms with van der Waals surface area (Å²) in [6, 6.07) is 16.1. The van der Waals surface area contributed by atoms with Crippen LogP contribution in [-0.4, -0.2) is 27.2 Å². The Balaban J connectivity index is 1.49. The number of rotatable bonds is 4. The summed E-state index contributed by atoms with van der Waals surface area (Å²) < 4.78 is 14.2. The lowest BCUT2D eigenvalue weighted by molar-refractivity contribution is 0.387. The summed E-state index contributed by atoms with van der Waals surface area (Å²) in [7, 11) is 0. The van der Waals surface area contributed by atoms with Crippen molar-refractivity contribution in [1.29, 1.82) is 10.7 Å². The van der Waals surface area contributed by atoms with E-state index in [-0.39, 0.29) is 11.9 Å². The van der Waals surface area contributed by atoms with Crippen LogP contribution in [0.1, 0.15) is 35.8 Å². The number of nitriles is 1. The monoisotopic (exact) mass is 385 g/mol. The van der Waals surface area contributed by atoms with Gasteiger partial charge in [0.1, 0.15) is 17.5 Å². The average Bonchev–Trinajstić information content (AvgIpc) is 3.42. The molecule has 0 radical (unpaired) electrons. The second-order valence-corrected chi connectivity index (χ2v) is 6.97. The molecule has 2 heterocycles. The number of aromatic amines is 1. The molecule has 5 nitrogen and oxygen atoms in total. The number of hydrogen-bond donors (Lipinski definition) is 2. The van der Waals surface area contributed by atoms with Crippen LogP contribution in [0.5, 0.6) is 0 Å². The molecule has 6 heteroatoms. The lowest BCUT2D eigenvalue weighted by atomic mass is 10.0. The zero-order valence-electron chi connectivity index (χ0n) is 15.8. The van der Waals surface area contributed by atoms with Gasteiger partial charge in [-0.05, 0) is 43.2 Å². The van der Waals surface area contributed by atoms with Crippen molar-refractivity contribution in [3.8, 4) is 17.3 Å². The van der Waals surface area contributed by atoms with Crippen LogP contribution in [-0.2, 0) is 0 Å². The largest absolute Gasteiger partial charge is 0.350 e. The number of halogens is 1. The zero-order chi connectivity index (χ0) is 20.2. The minimum Gasteiger partial charge on any atom is -0.350 e. The molecular formula is C23H20FN5. The normalized spacial score (nSPS) is 16.3. The summed E-state index contributed by atoms with van der Waals surface area (Å²) in [5.41, 5.74) is 2.91. The van der Waals surface area contributed by atoms with Gasteiger partial charge in [0.05, 0.1) is 29.6 Å². The SMILES string of the molecule is N#Cc1cccc(-c2cnc(C=CC(=N)N3CCCC3c3ccccc3F)[nH]2)c1. The first kappa shape index (κ1) is 18.6. The van der Waals surface area contributed by atoms with Gasteiger partial charge in [-0.2, -0.15) is 5.26 Å². The topological polar surface area (TPSA) is 79.6 Å². The lowest BCUT2D eigenvalue weighted by Crippen LogP contribution is -2.28. The Bertz CT molecular complexity index is 1110. The van der Waals surface area contributed by atoms with Crippen LogP contribution in [0.3, 0.4) is 0 Å². The smallest absolute Gasteiger partial charge is 0.130 e. The molecule has 1 unspecified atom stereocenters. The highest BCUT2D eigenvalue weighted by atomic mass is 19.1. The number of amidine groups is 1. The van der Waals surface area contributed by atoms with Gasteiger partial charge < -0.3 is 9.88 Å². The Kier molecular flexibility index (Phi) is 5.21. The van der Waals surface area contributed by atoms with Gasteiger partial charge in [0, 0.05) is 17.7 Å². The molecule has 1 aromatic heterocycles. The van der Waals surface area contributed by atoms with E-state index in [9.17, 15) is 4.39 Å². The van der Waals surface area contributed by atoms with Crippen molar-refractivity contribution < 1.29 is 4.39 Å². The Morgan fingerprint density at radius 3 is 2.97 bits per heavy atom. The Hall–Kier alpha value is -3.72. The number of benzene rings is 2. The van der Waals surface area contributed by atoms with Crippen molar-refractivity contribution in [2.75, 3.05) is 6.54 Å². The first-order valence-corrected chi connectivity index (χ1v) is 9.49. The van der Waals surface area contributed by atoms with Crippen LogP contribution in [0.2, 0.25) is 0 Å². The molecule has 1 saturated heterocycles. The zero-order valence-corrected chi connectivity index (χ0v) is 15.8. The van der Waals surface area contributed by atoms with Gasteiger partial charge in [-0.3, -0.25) is 5.41 Å². The van der Waals surface area contributed by atoms with E-state index < -0.39 is 0 Å². The van der Waals surface area contributed by atoms with E-state index in [0.717, 1.165) is 30.6 Å². The van der Waals surface area contributed by atoms with Gasteiger partial charge in [-0.1, -0.05) is 30.3 Å². The number of H-pyrrole nitrogens is 1. The molecule has 2 aromatic carbocycles. The van der Waals surface area contributed by atoms with Crippen molar-refractivity contribution in [2.45, 2.75) is 18.9 Å². The molecule has 1 atom stereocenters. The maximum absolute atomic E-state index is 14.2. The highest BCUT2D eigenvalue weighted by Gasteiger charge is 2.28. The van der Waals surface area contributed by atoms with Gasteiger partial charge in [0.2, 0.25) is 0 Å². The fraction of sp³-hybridized carbons (Fsp3) is 0.174. The van der Waals surface area contributed by atoms with Crippen molar-refractivity contribution in [3.63, 3.8) is 0 Å². The van der Waals surface area contributed by atoms with E-state index in [1.54, 1.807) is 42.6 Å². The first-order valence-electron chi connectivity index (χ1n) is 9.49. The minimum atomic E-state index is -0.226. The third-order valence-electron chi connectivity index (χ3n) is 5.12. The third-order valence-corrected chi connectivity index (χ3v) is 5.12. The highest BCUT2D eigenvalue weighted by molar-refractivity contribution is 5.94. The number of aromatic nitrogens is 2. The van der Waals surface area contributed by atoms with Crippen LogP contribution in [0.4, 0.5) is 4.39 Å². The maximum Gasteiger partial charge on any atom is 0.130 e. The predicted molar refractivity (Wildman–Crippen MR) is 111 cm³/mol. The number of hydrogen-bond acceptors (Lipinski definition) is 3. The molecule has 2 N–H and O–H groups in total. The van der Waals surface area contributed by atoms with E-state index in [1.165, 1.54) is 6.07 Å². The fourth-order valence-corrected chi connectivity index (χ4v) is 3.70. The van der Waals surface area contributed by atoms with Crippen molar-refractivity contribution >= 4 is 11.9 Å². The molecule has 0 amide bonds. The Labute approximate surface area is 168 Å². The Morgan fingerprint density at radius 1 is 1.28 bits per heavy atom. The lowest BCUT2D eigenvalue weighted by Gasteiger charge is -2.26. The summed E-state index contributed by atoms with van der Waals surface area (Å²) in [6.45, 7) is 0.729. The molecule has 4 rings (SSSR count). The summed E-state index contributed by atoms with van der Waals surface area (Å²) in [5.74, 6) is 0.727. The van der Waals surface area contributed by atoms with Gasteiger partial charge >= 0.3 is 0 Å². The van der Waals surface area contributed by atoms with Crippen molar-refractivity contribution in [1.82, 2.24) is 14.9 Å². The highest BCUT2D eigenvalue weighted by Crippen LogP contribution is 2.33. The van der Waals surface area contributed by atoms with E-state index in [2.05, 4.69) is 16.0 Å². The van der Waals surface area contributed by atoms with E-state index in [1.807, 2.05) is 23.1 Å². The molecule has 1 aliphatic heterocycles. The first-order chi connectivity index (χ1) is 14.2. The number of nitrogens with zero attached hydrogens (tertiary/aromatic N) is 3. The number of nitrogens with one attached hydrogen (secondary N) is 2. The summed E-state index contributed by atoms with van der Waals surface area (Å²) in [6.07, 6.45) is 6.90. The second-order valence-electron chi connectivity index (χ2n) is 6.97. The third kappa shape index (κ3) is 3.94. The molecule has 144 valence electrons. The van der Waals surface area contributed by atoms with Crippen LogP contribution < -0.4 is 0 Å². The molecule has 0 aliphatic carbocycles. The van der Waals surface area contributed by atoms with E-state index in [0.29, 0.717) is 22.8 Å². The molecule has 0 saturated carbocycles. The minimum absolute atomic E-state index is 0.116. The second kappa shape index (κ2) is 8.11. The molecule has 3 aromatic rings. The molecule has 29 heavy (non-hydrogen) atoms. The molecule has 1 aliphatic rings. The van der Waals surface area contributed by atoms with Gasteiger partial charge in [-0.25, -0.2) is 9.37 Å². The van der Waals surface area contributed by atoms with Crippen LogP contribution >= 0.6 is 0 Å². The standard InChI is InChI=1S/C23H20FN5/c24-19-8-2-1-7-18(19)21-9-4-12-29(21)22(26)10-11-23-27-15-20(28-23)17-6-3-5-16(13-17)14-25/h1-3,5-8,10-11,13,15,21,26H,4,9,12H2,(H,27,28). The van der Waals surface area contributed by atoms with E-state index >= 15 is 0 Å². The summed E-state index contributed by atoms with van der Waals surface area (Å²) in [5, 5.41) is 17.5. The van der Waals surface area contributed by atoms with Gasteiger partial charge in [0.15, 0.2) is 0 Å². The van der Waals surface area contributed by atoms with Crippen LogP contribution in [0.15, 0.2) is 60.8 Å². The van der Waals surface area contributed by atoms with E-state index in [4.69, 9.17) is 10.7 Å². The molecule has 0 bridgehead atoms. The Morgan fingerprint density at radius 2 is 2.14 bits per heavy atom. The van der Waals surface area contributed by atoms with Crippen LogP contribution in [0, 0.1) is 22.6 Å². The summed E-state index contributed by atoms with van der Waals surface area (Å²) in [4.78, 5) is 9.46. The molecular weight excluding hydrogens is 365 g/mol. The van der Waals surface area contributed by atoms with Crippen molar-refractivity contribution in [3.05, 3.63) is 83.6 Å². The number of likely N-dealkylation sites (tertiary alicyclic amines) is 1. The maximum atomic E-state index is 14.2. The predicted octanol–water partition coefficient (Wildman–Crippen LogP) is 4.92. The summed E-state index contributed by atoms with van der Waals surface area (Å²) >= 11 is 0. The van der Waals surface area contributed by atoms with Gasteiger partial charge in [0.25, 0.3) is 0 Å². The van der Waals surface area contributed by atoms with Crippen molar-refractivity contribution in [2.24, 2.45) is 0 Å². The molecule has 1 fully saturated rings. The van der Waals surface area contributed by atoms with Gasteiger partial charge in [-0.15, -0.1) is 0 Å². The molecule has 0 spiro atoms. The van der Waals surface area contributed by atoms with Crippen LogP contribution in [0.25, 0.3) is 17.3 Å². The average molecular weight is 385 g/mol. The fourth-order valence-electron chi connectivity index (χ4n) is 3.70. The number of imidazole rings is 1. The quantitative estimate of drug-likeness (QED) is 0.494.